The second-order valence-corrected chi connectivity index (χ2v) is 7.21. The summed E-state index contributed by atoms with van der Waals surface area (Å²) in [6, 6.07) is 6.32. The van der Waals surface area contributed by atoms with Gasteiger partial charge in [0.15, 0.2) is 5.95 Å². The minimum absolute atomic E-state index is 0.495. The van der Waals surface area contributed by atoms with Crippen molar-refractivity contribution in [3.05, 3.63) is 45.7 Å². The smallest absolute Gasteiger partial charge is 0.197 e. The SMILES string of the molecule is CCc1ccc(Cl)cc1[C@@H]1CC1(C)C.Cc1nc(N)[nH]c1C. The van der Waals surface area contributed by atoms with E-state index >= 15 is 0 Å². The first-order valence-corrected chi connectivity index (χ1v) is 8.19. The van der Waals surface area contributed by atoms with Crippen LogP contribution in [0.5, 0.6) is 0 Å². The number of nitrogens with two attached hydrogens (primary N) is 1. The minimum Gasteiger partial charge on any atom is -0.369 e. The molecule has 1 aromatic carbocycles. The molecule has 0 bridgehead atoms. The van der Waals surface area contributed by atoms with E-state index in [1.165, 1.54) is 17.5 Å². The number of aryl methyl sites for hydroxylation is 3. The van der Waals surface area contributed by atoms with Crippen LogP contribution < -0.4 is 5.73 Å². The van der Waals surface area contributed by atoms with Crippen LogP contribution in [-0.2, 0) is 6.42 Å². The molecule has 22 heavy (non-hydrogen) atoms. The Balaban J connectivity index is 0.000000188. The molecule has 3 rings (SSSR count). The molecule has 1 aliphatic carbocycles. The zero-order valence-corrected chi connectivity index (χ0v) is 14.9. The molecular weight excluding hydrogens is 294 g/mol. The normalized spacial score (nSPS) is 18.5. The number of H-pyrrole nitrogens is 1. The third kappa shape index (κ3) is 3.83. The number of hydrogen-bond donors (Lipinski definition) is 2. The maximum Gasteiger partial charge on any atom is 0.197 e. The van der Waals surface area contributed by atoms with Gasteiger partial charge in [-0.2, -0.15) is 0 Å². The van der Waals surface area contributed by atoms with Gasteiger partial charge in [0, 0.05) is 10.7 Å². The predicted molar refractivity (Wildman–Crippen MR) is 94.4 cm³/mol. The highest BCUT2D eigenvalue weighted by Crippen LogP contribution is 2.59. The summed E-state index contributed by atoms with van der Waals surface area (Å²) in [5, 5.41) is 0.875. The van der Waals surface area contributed by atoms with Crippen molar-refractivity contribution in [1.82, 2.24) is 9.97 Å². The average molecular weight is 320 g/mol. The first-order valence-electron chi connectivity index (χ1n) is 7.81. The van der Waals surface area contributed by atoms with Crippen molar-refractivity contribution in [3.63, 3.8) is 0 Å². The lowest BCUT2D eigenvalue weighted by Crippen LogP contribution is -1.95. The van der Waals surface area contributed by atoms with Gasteiger partial charge >= 0.3 is 0 Å². The number of halogens is 1. The van der Waals surface area contributed by atoms with Crippen LogP contribution in [0.25, 0.3) is 0 Å². The molecule has 3 N–H and O–H groups in total. The molecule has 1 aliphatic rings. The summed E-state index contributed by atoms with van der Waals surface area (Å²) in [5.74, 6) is 1.23. The first-order chi connectivity index (χ1) is 10.2. The van der Waals surface area contributed by atoms with E-state index in [0.717, 1.165) is 28.7 Å². The Morgan fingerprint density at radius 3 is 2.36 bits per heavy atom. The maximum absolute atomic E-state index is 6.04. The Kier molecular flexibility index (Phi) is 4.86. The van der Waals surface area contributed by atoms with Gasteiger partial charge in [0.1, 0.15) is 0 Å². The molecule has 0 radical (unpaired) electrons. The van der Waals surface area contributed by atoms with Crippen LogP contribution in [-0.4, -0.2) is 9.97 Å². The summed E-state index contributed by atoms with van der Waals surface area (Å²) < 4.78 is 0. The van der Waals surface area contributed by atoms with E-state index in [4.69, 9.17) is 17.3 Å². The molecule has 1 atom stereocenters. The van der Waals surface area contributed by atoms with Crippen molar-refractivity contribution in [2.24, 2.45) is 5.41 Å². The molecule has 120 valence electrons. The van der Waals surface area contributed by atoms with Crippen molar-refractivity contribution in [1.29, 1.82) is 0 Å². The Labute approximate surface area is 138 Å². The summed E-state index contributed by atoms with van der Waals surface area (Å²) in [4.78, 5) is 6.81. The Bertz CT molecular complexity index is 639. The molecule has 1 aromatic heterocycles. The van der Waals surface area contributed by atoms with E-state index in [0.29, 0.717) is 11.4 Å². The lowest BCUT2D eigenvalue weighted by Gasteiger charge is -2.09. The van der Waals surface area contributed by atoms with Gasteiger partial charge in [0.25, 0.3) is 0 Å². The first kappa shape index (κ1) is 16.9. The van der Waals surface area contributed by atoms with Gasteiger partial charge in [-0.15, -0.1) is 0 Å². The monoisotopic (exact) mass is 319 g/mol. The molecule has 4 heteroatoms. The number of nitrogens with zero attached hydrogens (tertiary/aromatic N) is 1. The summed E-state index contributed by atoms with van der Waals surface area (Å²) in [5.41, 5.74) is 10.8. The Morgan fingerprint density at radius 2 is 2.00 bits per heavy atom. The lowest BCUT2D eigenvalue weighted by atomic mass is 9.97. The summed E-state index contributed by atoms with van der Waals surface area (Å²) in [6.07, 6.45) is 2.42. The van der Waals surface area contributed by atoms with Gasteiger partial charge in [-0.3, -0.25) is 0 Å². The van der Waals surface area contributed by atoms with E-state index in [2.05, 4.69) is 42.9 Å². The lowest BCUT2D eigenvalue weighted by molar-refractivity contribution is 0.620. The van der Waals surface area contributed by atoms with Crippen LogP contribution in [0.3, 0.4) is 0 Å². The van der Waals surface area contributed by atoms with Crippen LogP contribution >= 0.6 is 11.6 Å². The third-order valence-electron chi connectivity index (χ3n) is 4.52. The molecule has 1 saturated carbocycles. The Morgan fingerprint density at radius 1 is 1.36 bits per heavy atom. The fraction of sp³-hybridized carbons (Fsp3) is 0.500. The van der Waals surface area contributed by atoms with Crippen LogP contribution in [0.4, 0.5) is 5.95 Å². The molecule has 0 amide bonds. The number of nitrogens with one attached hydrogen (secondary N) is 1. The van der Waals surface area contributed by atoms with E-state index in [1.807, 2.05) is 19.9 Å². The minimum atomic E-state index is 0.495. The second kappa shape index (κ2) is 6.33. The molecule has 0 spiro atoms. The molecular formula is C18H26ClN3. The maximum atomic E-state index is 6.04. The molecule has 0 aliphatic heterocycles. The van der Waals surface area contributed by atoms with Gasteiger partial charge in [-0.05, 0) is 61.3 Å². The number of benzene rings is 1. The molecule has 3 nitrogen and oxygen atoms in total. The number of imidazole rings is 1. The number of hydrogen-bond acceptors (Lipinski definition) is 2. The van der Waals surface area contributed by atoms with Gasteiger partial charge in [-0.25, -0.2) is 4.98 Å². The second-order valence-electron chi connectivity index (χ2n) is 6.77. The summed E-state index contributed by atoms with van der Waals surface area (Å²) in [7, 11) is 0. The highest BCUT2D eigenvalue weighted by molar-refractivity contribution is 6.30. The van der Waals surface area contributed by atoms with Crippen molar-refractivity contribution in [2.75, 3.05) is 5.73 Å². The zero-order valence-electron chi connectivity index (χ0n) is 14.1. The van der Waals surface area contributed by atoms with Gasteiger partial charge < -0.3 is 10.7 Å². The van der Waals surface area contributed by atoms with E-state index < -0.39 is 0 Å². The highest BCUT2D eigenvalue weighted by atomic mass is 35.5. The molecule has 1 fully saturated rings. The average Bonchev–Trinajstić information content (AvgIpc) is 2.97. The van der Waals surface area contributed by atoms with Gasteiger partial charge in [0.05, 0.1) is 5.69 Å². The van der Waals surface area contributed by atoms with E-state index in [1.54, 1.807) is 0 Å². The third-order valence-corrected chi connectivity index (χ3v) is 4.76. The largest absolute Gasteiger partial charge is 0.369 e. The number of anilines is 1. The van der Waals surface area contributed by atoms with Gasteiger partial charge in [0.2, 0.25) is 0 Å². The van der Waals surface area contributed by atoms with Crippen LogP contribution in [0.1, 0.15) is 55.6 Å². The number of nitrogen functional groups attached to an aromatic ring is 1. The number of rotatable bonds is 2. The quantitative estimate of drug-likeness (QED) is 0.816. The van der Waals surface area contributed by atoms with Crippen molar-refractivity contribution < 1.29 is 0 Å². The van der Waals surface area contributed by atoms with E-state index in [9.17, 15) is 0 Å². The van der Waals surface area contributed by atoms with Crippen LogP contribution in [0, 0.1) is 19.3 Å². The van der Waals surface area contributed by atoms with Crippen LogP contribution in [0.15, 0.2) is 18.2 Å². The van der Waals surface area contributed by atoms with Crippen LogP contribution in [0.2, 0.25) is 5.02 Å². The van der Waals surface area contributed by atoms with Crippen molar-refractivity contribution >= 4 is 17.5 Å². The molecule has 2 aromatic rings. The van der Waals surface area contributed by atoms with Crippen molar-refractivity contribution in [3.8, 4) is 0 Å². The highest BCUT2D eigenvalue weighted by Gasteiger charge is 2.47. The summed E-state index contributed by atoms with van der Waals surface area (Å²) >= 11 is 6.04. The summed E-state index contributed by atoms with van der Waals surface area (Å²) in [6.45, 7) is 10.7. The number of aromatic nitrogens is 2. The fourth-order valence-corrected chi connectivity index (χ4v) is 2.97. The zero-order chi connectivity index (χ0) is 16.5. The van der Waals surface area contributed by atoms with Gasteiger partial charge in [-0.1, -0.05) is 38.4 Å². The topological polar surface area (TPSA) is 54.7 Å². The van der Waals surface area contributed by atoms with E-state index in [-0.39, 0.29) is 0 Å². The predicted octanol–water partition coefficient (Wildman–Crippen LogP) is 5.02. The molecule has 0 unspecified atom stereocenters. The van der Waals surface area contributed by atoms with Crippen molar-refractivity contribution in [2.45, 2.75) is 53.4 Å². The molecule has 0 saturated heterocycles. The number of aromatic amines is 1. The standard InChI is InChI=1S/C13H17Cl.C5H9N3/c1-4-9-5-6-10(14)7-11(9)12-8-13(12,2)3;1-3-4(2)8-5(6)7-3/h5-7,12H,4,8H2,1-3H3;1-2H3,(H3,6,7,8)/t12-;/m0./s1. The molecule has 1 heterocycles. The fourth-order valence-electron chi connectivity index (χ4n) is 2.79. The Hall–Kier alpha value is -1.48.